The highest BCUT2D eigenvalue weighted by molar-refractivity contribution is 5.66. The molecule has 0 fully saturated rings. The van der Waals surface area contributed by atoms with E-state index in [9.17, 15) is 4.79 Å². The first-order valence-electron chi connectivity index (χ1n) is 12.0. The maximum Gasteiger partial charge on any atom is 0.303 e. The third kappa shape index (κ3) is 16.2. The summed E-state index contributed by atoms with van der Waals surface area (Å²) in [5.41, 5.74) is 0.0131. The van der Waals surface area contributed by atoms with Gasteiger partial charge >= 0.3 is 5.97 Å². The molecule has 0 aliphatic carbocycles. The zero-order chi connectivity index (χ0) is 21.1. The van der Waals surface area contributed by atoms with Crippen LogP contribution in [0.2, 0.25) is 0 Å². The Balaban J connectivity index is 3.53. The van der Waals surface area contributed by atoms with Gasteiger partial charge in [0.1, 0.15) is 0 Å². The minimum atomic E-state index is -0.686. The highest BCUT2D eigenvalue weighted by Crippen LogP contribution is 2.26. The summed E-state index contributed by atoms with van der Waals surface area (Å²) in [5, 5.41) is 8.95. The standard InChI is InChI=1S/C25H49NO2/c1-5-6-7-8-9-10-11-12-13-14-15-16-17-18-19-20-22-25(2,26(3)4)23-21-24(27)28/h12-13H,5-11,14-23H2,1-4H3,(H,27,28)/b13-12-. The van der Waals surface area contributed by atoms with Crippen LogP contribution >= 0.6 is 0 Å². The Morgan fingerprint density at radius 3 is 1.71 bits per heavy atom. The van der Waals surface area contributed by atoms with Gasteiger partial charge in [-0.3, -0.25) is 4.79 Å². The second-order valence-corrected chi connectivity index (χ2v) is 8.97. The Bertz CT molecular complexity index is 392. The van der Waals surface area contributed by atoms with Crippen molar-refractivity contribution in [2.45, 2.75) is 129 Å². The molecule has 0 heterocycles. The summed E-state index contributed by atoms with van der Waals surface area (Å²) < 4.78 is 0. The maximum absolute atomic E-state index is 10.9. The highest BCUT2D eigenvalue weighted by atomic mass is 16.4. The Morgan fingerprint density at radius 1 is 0.786 bits per heavy atom. The minimum absolute atomic E-state index is 0.0131. The zero-order valence-electron chi connectivity index (χ0n) is 19.5. The van der Waals surface area contributed by atoms with Crippen LogP contribution in [0.1, 0.15) is 123 Å². The first kappa shape index (κ1) is 27.2. The number of hydrogen-bond acceptors (Lipinski definition) is 2. The molecule has 3 nitrogen and oxygen atoms in total. The lowest BCUT2D eigenvalue weighted by molar-refractivity contribution is -0.137. The van der Waals surface area contributed by atoms with E-state index in [-0.39, 0.29) is 12.0 Å². The Kier molecular flexibility index (Phi) is 17.7. The second kappa shape index (κ2) is 18.2. The first-order chi connectivity index (χ1) is 13.4. The van der Waals surface area contributed by atoms with Gasteiger partial charge in [0.05, 0.1) is 0 Å². The van der Waals surface area contributed by atoms with Crippen LogP contribution in [0.25, 0.3) is 0 Å². The van der Waals surface area contributed by atoms with E-state index in [1.807, 2.05) is 0 Å². The molecule has 0 aromatic rings. The molecular weight excluding hydrogens is 346 g/mol. The fraction of sp³-hybridized carbons (Fsp3) is 0.880. The van der Waals surface area contributed by atoms with Gasteiger partial charge in [-0.1, -0.05) is 83.3 Å². The van der Waals surface area contributed by atoms with Gasteiger partial charge in [-0.2, -0.15) is 0 Å². The fourth-order valence-corrected chi connectivity index (χ4v) is 3.70. The van der Waals surface area contributed by atoms with Crippen LogP contribution < -0.4 is 0 Å². The van der Waals surface area contributed by atoms with Crippen LogP contribution in [0, 0.1) is 0 Å². The van der Waals surface area contributed by atoms with Gasteiger partial charge in [-0.15, -0.1) is 0 Å². The Morgan fingerprint density at radius 2 is 1.25 bits per heavy atom. The van der Waals surface area contributed by atoms with E-state index in [2.05, 4.69) is 45.0 Å². The van der Waals surface area contributed by atoms with Gasteiger partial charge < -0.3 is 10.0 Å². The van der Waals surface area contributed by atoms with Crippen LogP contribution in [-0.4, -0.2) is 35.6 Å². The van der Waals surface area contributed by atoms with Gasteiger partial charge in [0.2, 0.25) is 0 Å². The van der Waals surface area contributed by atoms with E-state index in [0.29, 0.717) is 0 Å². The second-order valence-electron chi connectivity index (χ2n) is 8.97. The summed E-state index contributed by atoms with van der Waals surface area (Å²) in [5.74, 6) is -0.686. The van der Waals surface area contributed by atoms with E-state index in [4.69, 9.17) is 5.11 Å². The third-order valence-corrected chi connectivity index (χ3v) is 6.18. The van der Waals surface area contributed by atoms with Crippen LogP contribution in [0.15, 0.2) is 12.2 Å². The van der Waals surface area contributed by atoms with Gasteiger partial charge in [0, 0.05) is 12.0 Å². The number of aliphatic carboxylic acids is 1. The lowest BCUT2D eigenvalue weighted by Gasteiger charge is -2.36. The van der Waals surface area contributed by atoms with E-state index in [1.165, 1.54) is 89.9 Å². The van der Waals surface area contributed by atoms with Crippen LogP contribution in [0.3, 0.4) is 0 Å². The number of hydrogen-bond donors (Lipinski definition) is 1. The number of rotatable bonds is 20. The highest BCUT2D eigenvalue weighted by Gasteiger charge is 2.26. The molecule has 0 radical (unpaired) electrons. The van der Waals surface area contributed by atoms with E-state index in [1.54, 1.807) is 0 Å². The van der Waals surface area contributed by atoms with Crippen LogP contribution in [-0.2, 0) is 4.79 Å². The number of carboxylic acids is 1. The summed E-state index contributed by atoms with van der Waals surface area (Å²) in [6.45, 7) is 4.47. The predicted octanol–water partition coefficient (Wildman–Crippen LogP) is 7.60. The lowest BCUT2D eigenvalue weighted by Crippen LogP contribution is -2.41. The number of carboxylic acid groups (broad SMARTS) is 1. The van der Waals surface area contributed by atoms with Crippen molar-refractivity contribution in [1.29, 1.82) is 0 Å². The summed E-state index contributed by atoms with van der Waals surface area (Å²) in [7, 11) is 4.14. The molecule has 0 saturated carbocycles. The molecule has 0 aromatic heterocycles. The predicted molar refractivity (Wildman–Crippen MR) is 123 cm³/mol. The molecule has 1 unspecified atom stereocenters. The molecule has 0 saturated heterocycles. The smallest absolute Gasteiger partial charge is 0.303 e. The maximum atomic E-state index is 10.9. The quantitative estimate of drug-likeness (QED) is 0.170. The average Bonchev–Trinajstić information content (AvgIpc) is 2.66. The van der Waals surface area contributed by atoms with E-state index < -0.39 is 5.97 Å². The van der Waals surface area contributed by atoms with E-state index >= 15 is 0 Å². The Hall–Kier alpha value is -0.830. The molecule has 0 bridgehead atoms. The van der Waals surface area contributed by atoms with Crippen molar-refractivity contribution >= 4 is 5.97 Å². The van der Waals surface area contributed by atoms with Crippen molar-refractivity contribution < 1.29 is 9.90 Å². The molecule has 1 N–H and O–H groups in total. The molecule has 166 valence electrons. The monoisotopic (exact) mass is 395 g/mol. The van der Waals surface area contributed by atoms with Crippen molar-refractivity contribution in [3.05, 3.63) is 12.2 Å². The van der Waals surface area contributed by atoms with Crippen molar-refractivity contribution in [2.24, 2.45) is 0 Å². The first-order valence-corrected chi connectivity index (χ1v) is 12.0. The van der Waals surface area contributed by atoms with Crippen molar-refractivity contribution in [3.8, 4) is 0 Å². The van der Waals surface area contributed by atoms with Crippen molar-refractivity contribution in [2.75, 3.05) is 14.1 Å². The largest absolute Gasteiger partial charge is 0.481 e. The molecule has 0 aromatic carbocycles. The number of carbonyl (C=O) groups is 1. The molecular formula is C25H49NO2. The number of nitrogens with zero attached hydrogens (tertiary/aromatic N) is 1. The zero-order valence-corrected chi connectivity index (χ0v) is 19.5. The van der Waals surface area contributed by atoms with Crippen LogP contribution in [0.5, 0.6) is 0 Å². The van der Waals surface area contributed by atoms with Crippen molar-refractivity contribution in [3.63, 3.8) is 0 Å². The summed E-state index contributed by atoms with van der Waals surface area (Å²) in [6, 6.07) is 0. The molecule has 0 amide bonds. The Labute approximate surface area is 176 Å². The molecule has 0 rings (SSSR count). The SMILES string of the molecule is CCCCCCCC/C=C\CCCCCCCCC(C)(CCC(=O)O)N(C)C. The number of unbranched alkanes of at least 4 members (excludes halogenated alkanes) is 12. The molecule has 0 spiro atoms. The minimum Gasteiger partial charge on any atom is -0.481 e. The summed E-state index contributed by atoms with van der Waals surface area (Å²) in [4.78, 5) is 13.1. The average molecular weight is 396 g/mol. The molecule has 0 aliphatic rings. The molecule has 0 aliphatic heterocycles. The number of allylic oxidation sites excluding steroid dienone is 2. The summed E-state index contributed by atoms with van der Waals surface area (Å²) in [6.07, 6.45) is 25.5. The summed E-state index contributed by atoms with van der Waals surface area (Å²) >= 11 is 0. The lowest BCUT2D eigenvalue weighted by atomic mass is 9.88. The van der Waals surface area contributed by atoms with Crippen molar-refractivity contribution in [1.82, 2.24) is 4.90 Å². The van der Waals surface area contributed by atoms with Gasteiger partial charge in [-0.25, -0.2) is 0 Å². The van der Waals surface area contributed by atoms with Gasteiger partial charge in [0.25, 0.3) is 0 Å². The molecule has 28 heavy (non-hydrogen) atoms. The van der Waals surface area contributed by atoms with E-state index in [0.717, 1.165) is 12.8 Å². The normalized spacial score (nSPS) is 14.0. The molecule has 3 heteroatoms. The van der Waals surface area contributed by atoms with Crippen LogP contribution in [0.4, 0.5) is 0 Å². The fourth-order valence-electron chi connectivity index (χ4n) is 3.70. The van der Waals surface area contributed by atoms with Gasteiger partial charge in [0.15, 0.2) is 0 Å². The third-order valence-electron chi connectivity index (χ3n) is 6.18. The topological polar surface area (TPSA) is 40.5 Å². The van der Waals surface area contributed by atoms with Gasteiger partial charge in [-0.05, 0) is 59.5 Å². The molecule has 1 atom stereocenters.